The number of hydrogen-bond acceptors (Lipinski definition) is 4. The van der Waals surface area contributed by atoms with Crippen molar-refractivity contribution < 1.29 is 19.2 Å². The van der Waals surface area contributed by atoms with Gasteiger partial charge < -0.3 is 14.5 Å². The summed E-state index contributed by atoms with van der Waals surface area (Å²) in [7, 11) is 0. The second-order valence-electron chi connectivity index (χ2n) is 5.73. The fourth-order valence-electron chi connectivity index (χ4n) is 3.10. The van der Waals surface area contributed by atoms with Gasteiger partial charge in [0.1, 0.15) is 11.3 Å². The van der Waals surface area contributed by atoms with E-state index in [-0.39, 0.29) is 12.5 Å². The molecule has 1 N–H and O–H groups in total. The Balaban J connectivity index is 2.22. The molecule has 0 aliphatic carbocycles. The number of carboxylic acid groups (broad SMARTS) is 1. The van der Waals surface area contributed by atoms with Crippen LogP contribution < -0.4 is 0 Å². The maximum absolute atomic E-state index is 12.7. The third-order valence-electron chi connectivity index (χ3n) is 4.31. The molecule has 1 aromatic rings. The van der Waals surface area contributed by atoms with Gasteiger partial charge in [0.25, 0.3) is 5.91 Å². The molecule has 2 rings (SSSR count). The number of aromatic nitrogens is 1. The number of likely N-dealkylation sites (tertiary alicyclic amines) is 1. The van der Waals surface area contributed by atoms with E-state index < -0.39 is 11.4 Å². The Morgan fingerprint density at radius 1 is 1.43 bits per heavy atom. The summed E-state index contributed by atoms with van der Waals surface area (Å²) in [5.74, 6) is -0.470. The number of hydrogen-bond donors (Lipinski definition) is 1. The minimum atomic E-state index is -0.808. The lowest BCUT2D eigenvalue weighted by atomic mass is 9.83. The predicted octanol–water partition coefficient (Wildman–Crippen LogP) is 2.26. The lowest BCUT2D eigenvalue weighted by Crippen LogP contribution is -2.37. The third-order valence-corrected chi connectivity index (χ3v) is 4.31. The van der Waals surface area contributed by atoms with Gasteiger partial charge >= 0.3 is 5.97 Å². The van der Waals surface area contributed by atoms with Crippen LogP contribution in [0.4, 0.5) is 0 Å². The molecule has 1 saturated heterocycles. The van der Waals surface area contributed by atoms with E-state index in [1.807, 2.05) is 13.8 Å². The molecule has 0 bridgehead atoms. The van der Waals surface area contributed by atoms with Gasteiger partial charge in [-0.2, -0.15) is 0 Å². The minimum absolute atomic E-state index is 0.162. The number of carboxylic acids is 1. The van der Waals surface area contributed by atoms with Gasteiger partial charge in [0.15, 0.2) is 0 Å². The van der Waals surface area contributed by atoms with Crippen LogP contribution in [0, 0.1) is 12.3 Å². The first-order valence-corrected chi connectivity index (χ1v) is 7.43. The van der Waals surface area contributed by atoms with E-state index in [1.54, 1.807) is 11.8 Å². The SMILES string of the molecule is CCCC1(C(=O)O)CCN(C(=O)c2c(CC)noc2C)C1. The molecule has 6 nitrogen and oxygen atoms in total. The van der Waals surface area contributed by atoms with Gasteiger partial charge in [-0.25, -0.2) is 0 Å². The molecule has 1 amide bonds. The second kappa shape index (κ2) is 5.87. The maximum atomic E-state index is 12.7. The van der Waals surface area contributed by atoms with Gasteiger partial charge in [-0.15, -0.1) is 0 Å². The van der Waals surface area contributed by atoms with Crippen LogP contribution in [0.15, 0.2) is 4.52 Å². The number of amides is 1. The molecule has 1 fully saturated rings. The molecule has 2 heterocycles. The summed E-state index contributed by atoms with van der Waals surface area (Å²) in [5.41, 5.74) is 0.331. The third kappa shape index (κ3) is 2.66. The Morgan fingerprint density at radius 3 is 2.71 bits per heavy atom. The van der Waals surface area contributed by atoms with E-state index in [0.717, 1.165) is 6.42 Å². The molecule has 1 unspecified atom stereocenters. The predicted molar refractivity (Wildman–Crippen MR) is 76.1 cm³/mol. The zero-order chi connectivity index (χ0) is 15.6. The fourth-order valence-corrected chi connectivity index (χ4v) is 3.10. The molecule has 0 aromatic carbocycles. The highest BCUT2D eigenvalue weighted by Gasteiger charge is 2.46. The Hall–Kier alpha value is -1.85. The van der Waals surface area contributed by atoms with Crippen LogP contribution in [0.5, 0.6) is 0 Å². The van der Waals surface area contributed by atoms with Crippen molar-refractivity contribution in [1.29, 1.82) is 0 Å². The van der Waals surface area contributed by atoms with Crippen molar-refractivity contribution in [3.63, 3.8) is 0 Å². The highest BCUT2D eigenvalue weighted by atomic mass is 16.5. The number of aliphatic carboxylic acids is 1. The Morgan fingerprint density at radius 2 is 2.14 bits per heavy atom. The molecule has 0 saturated carbocycles. The maximum Gasteiger partial charge on any atom is 0.311 e. The number of rotatable bonds is 5. The summed E-state index contributed by atoms with van der Waals surface area (Å²) in [6, 6.07) is 0. The summed E-state index contributed by atoms with van der Waals surface area (Å²) < 4.78 is 5.10. The molecule has 0 radical (unpaired) electrons. The minimum Gasteiger partial charge on any atom is -0.481 e. The summed E-state index contributed by atoms with van der Waals surface area (Å²) >= 11 is 0. The van der Waals surface area contributed by atoms with E-state index in [1.165, 1.54) is 0 Å². The number of carbonyl (C=O) groups is 2. The Labute approximate surface area is 124 Å². The second-order valence-corrected chi connectivity index (χ2v) is 5.73. The Bertz CT molecular complexity index is 552. The highest BCUT2D eigenvalue weighted by Crippen LogP contribution is 2.36. The first kappa shape index (κ1) is 15.5. The van der Waals surface area contributed by atoms with Crippen LogP contribution in [0.25, 0.3) is 0 Å². The van der Waals surface area contributed by atoms with Crippen molar-refractivity contribution >= 4 is 11.9 Å². The average Bonchev–Trinajstić information content (AvgIpc) is 3.03. The zero-order valence-corrected chi connectivity index (χ0v) is 12.8. The smallest absolute Gasteiger partial charge is 0.311 e. The average molecular weight is 294 g/mol. The van der Waals surface area contributed by atoms with E-state index >= 15 is 0 Å². The van der Waals surface area contributed by atoms with Gasteiger partial charge in [-0.1, -0.05) is 25.4 Å². The molecule has 1 aliphatic heterocycles. The van der Waals surface area contributed by atoms with E-state index in [4.69, 9.17) is 4.52 Å². The quantitative estimate of drug-likeness (QED) is 0.900. The standard InChI is InChI=1S/C15H22N2O4/c1-4-6-15(14(19)20)7-8-17(9-15)13(18)12-10(3)21-16-11(12)5-2/h4-9H2,1-3H3,(H,19,20). The lowest BCUT2D eigenvalue weighted by Gasteiger charge is -2.24. The summed E-state index contributed by atoms with van der Waals surface area (Å²) in [5, 5.41) is 13.4. The summed E-state index contributed by atoms with van der Waals surface area (Å²) in [4.78, 5) is 25.9. The molecule has 116 valence electrons. The molecule has 0 spiro atoms. The first-order valence-electron chi connectivity index (χ1n) is 7.43. The molecule has 1 aromatic heterocycles. The van der Waals surface area contributed by atoms with Crippen molar-refractivity contribution in [2.45, 2.75) is 46.5 Å². The number of aryl methyl sites for hydroxylation is 2. The number of nitrogens with zero attached hydrogens (tertiary/aromatic N) is 2. The van der Waals surface area contributed by atoms with Crippen molar-refractivity contribution in [2.24, 2.45) is 5.41 Å². The van der Waals surface area contributed by atoms with Crippen molar-refractivity contribution in [3.8, 4) is 0 Å². The number of carbonyl (C=O) groups excluding carboxylic acids is 1. The van der Waals surface area contributed by atoms with E-state index in [0.29, 0.717) is 42.8 Å². The van der Waals surface area contributed by atoms with Crippen LogP contribution in [-0.4, -0.2) is 40.1 Å². The Kier molecular flexibility index (Phi) is 4.34. The molecule has 1 atom stereocenters. The van der Waals surface area contributed by atoms with Gasteiger partial charge in [-0.05, 0) is 26.2 Å². The van der Waals surface area contributed by atoms with Crippen LogP contribution in [0.3, 0.4) is 0 Å². The first-order chi connectivity index (χ1) is 9.95. The van der Waals surface area contributed by atoms with Gasteiger partial charge in [0.2, 0.25) is 0 Å². The summed E-state index contributed by atoms with van der Waals surface area (Å²) in [6.07, 6.45) is 2.51. The van der Waals surface area contributed by atoms with Crippen molar-refractivity contribution in [1.82, 2.24) is 10.1 Å². The van der Waals surface area contributed by atoms with E-state index in [9.17, 15) is 14.7 Å². The highest BCUT2D eigenvalue weighted by molar-refractivity contribution is 5.97. The van der Waals surface area contributed by atoms with E-state index in [2.05, 4.69) is 5.16 Å². The molecular weight excluding hydrogens is 272 g/mol. The van der Waals surface area contributed by atoms with Gasteiger partial charge in [0, 0.05) is 13.1 Å². The fraction of sp³-hybridized carbons (Fsp3) is 0.667. The topological polar surface area (TPSA) is 83.6 Å². The van der Waals surface area contributed by atoms with Crippen molar-refractivity contribution in [2.75, 3.05) is 13.1 Å². The molecule has 1 aliphatic rings. The largest absolute Gasteiger partial charge is 0.481 e. The van der Waals surface area contributed by atoms with Crippen LogP contribution >= 0.6 is 0 Å². The zero-order valence-electron chi connectivity index (χ0n) is 12.8. The van der Waals surface area contributed by atoms with Crippen LogP contribution in [0.1, 0.15) is 54.9 Å². The van der Waals surface area contributed by atoms with Gasteiger partial charge in [0.05, 0.1) is 11.1 Å². The van der Waals surface area contributed by atoms with Crippen molar-refractivity contribution in [3.05, 3.63) is 17.0 Å². The summed E-state index contributed by atoms with van der Waals surface area (Å²) in [6.45, 7) is 6.33. The normalized spacial score (nSPS) is 21.8. The van der Waals surface area contributed by atoms with Crippen LogP contribution in [-0.2, 0) is 11.2 Å². The van der Waals surface area contributed by atoms with Crippen LogP contribution in [0.2, 0.25) is 0 Å². The molecule has 6 heteroatoms. The van der Waals surface area contributed by atoms with Gasteiger partial charge in [-0.3, -0.25) is 9.59 Å². The lowest BCUT2D eigenvalue weighted by molar-refractivity contribution is -0.148. The molecular formula is C15H22N2O4. The monoisotopic (exact) mass is 294 g/mol. The molecule has 21 heavy (non-hydrogen) atoms.